The number of carbonyl (C=O) groups is 1. The molecule has 0 aliphatic carbocycles. The molecule has 0 saturated carbocycles. The number of imidazole rings is 1. The fraction of sp³-hybridized carbons (Fsp3) is 0.500. The summed E-state index contributed by atoms with van der Waals surface area (Å²) in [5.41, 5.74) is 1.94. The maximum absolute atomic E-state index is 12.3. The predicted molar refractivity (Wildman–Crippen MR) is 80.8 cm³/mol. The first kappa shape index (κ1) is 14.1. The zero-order chi connectivity index (χ0) is 14.8. The molecule has 2 N–H and O–H groups in total. The van der Waals surface area contributed by atoms with Crippen molar-refractivity contribution in [1.29, 1.82) is 0 Å². The monoisotopic (exact) mass is 287 g/mol. The van der Waals surface area contributed by atoms with Gasteiger partial charge in [-0.05, 0) is 24.5 Å². The number of amides is 1. The number of carbonyl (C=O) groups excluding carboxylic acids is 1. The number of aliphatic hydroxyl groups is 1. The van der Waals surface area contributed by atoms with E-state index in [0.717, 1.165) is 29.8 Å². The topological polar surface area (TPSA) is 69.2 Å². The van der Waals surface area contributed by atoms with Crippen LogP contribution in [-0.4, -0.2) is 45.1 Å². The van der Waals surface area contributed by atoms with Crippen LogP contribution < -0.4 is 0 Å². The molecule has 1 fully saturated rings. The zero-order valence-corrected chi connectivity index (χ0v) is 12.2. The molecule has 1 amide bonds. The van der Waals surface area contributed by atoms with Crippen molar-refractivity contribution in [3.63, 3.8) is 0 Å². The molecule has 1 aromatic heterocycles. The lowest BCUT2D eigenvalue weighted by Crippen LogP contribution is -2.39. The summed E-state index contributed by atoms with van der Waals surface area (Å²) in [6.45, 7) is 2.90. The summed E-state index contributed by atoms with van der Waals surface area (Å²) in [5, 5.41) is 9.42. The van der Waals surface area contributed by atoms with Gasteiger partial charge in [-0.15, -0.1) is 0 Å². The molecule has 0 spiro atoms. The first-order valence-corrected chi connectivity index (χ1v) is 7.53. The van der Waals surface area contributed by atoms with Gasteiger partial charge in [-0.3, -0.25) is 4.79 Å². The highest BCUT2D eigenvalue weighted by Gasteiger charge is 2.33. The molecule has 3 rings (SSSR count). The Labute approximate surface area is 124 Å². The van der Waals surface area contributed by atoms with E-state index >= 15 is 0 Å². The van der Waals surface area contributed by atoms with Crippen molar-refractivity contribution >= 4 is 16.9 Å². The number of fused-ring (bicyclic) bond motifs is 1. The Kier molecular flexibility index (Phi) is 3.92. The van der Waals surface area contributed by atoms with Crippen LogP contribution in [0.25, 0.3) is 11.0 Å². The molecule has 1 aromatic carbocycles. The van der Waals surface area contributed by atoms with E-state index < -0.39 is 0 Å². The average Bonchev–Trinajstić information content (AvgIpc) is 3.07. The number of hydrogen-bond acceptors (Lipinski definition) is 3. The van der Waals surface area contributed by atoms with Crippen LogP contribution in [0.4, 0.5) is 0 Å². The molecule has 2 heterocycles. The maximum Gasteiger partial charge on any atom is 0.223 e. The minimum Gasteiger partial charge on any atom is -0.394 e. The minimum atomic E-state index is -0.0202. The Morgan fingerprint density at radius 1 is 1.48 bits per heavy atom. The van der Waals surface area contributed by atoms with Crippen LogP contribution in [-0.2, 0) is 11.2 Å². The molecule has 2 aromatic rings. The standard InChI is InChI=1S/C16H21N3O2/c1-11-8-9-19(14(11)10-20)16(21)7-6-15-17-12-4-2-3-5-13(12)18-15/h2-5,11,14,20H,6-10H2,1H3,(H,17,18). The summed E-state index contributed by atoms with van der Waals surface area (Å²) in [7, 11) is 0. The third-order valence-corrected chi connectivity index (χ3v) is 4.40. The molecular weight excluding hydrogens is 266 g/mol. The van der Waals surface area contributed by atoms with Crippen LogP contribution in [0.1, 0.15) is 25.6 Å². The van der Waals surface area contributed by atoms with E-state index in [2.05, 4.69) is 16.9 Å². The van der Waals surface area contributed by atoms with Crippen molar-refractivity contribution < 1.29 is 9.90 Å². The van der Waals surface area contributed by atoms with E-state index in [0.29, 0.717) is 18.8 Å². The van der Waals surface area contributed by atoms with Gasteiger partial charge in [0.2, 0.25) is 5.91 Å². The smallest absolute Gasteiger partial charge is 0.223 e. The first-order valence-electron chi connectivity index (χ1n) is 7.53. The van der Waals surface area contributed by atoms with Gasteiger partial charge < -0.3 is 15.0 Å². The Morgan fingerprint density at radius 2 is 2.29 bits per heavy atom. The predicted octanol–water partition coefficient (Wildman–Crippen LogP) is 1.72. The molecule has 112 valence electrons. The first-order chi connectivity index (χ1) is 10.2. The number of hydrogen-bond donors (Lipinski definition) is 2. The van der Waals surface area contributed by atoms with E-state index in [9.17, 15) is 9.90 Å². The largest absolute Gasteiger partial charge is 0.394 e. The van der Waals surface area contributed by atoms with Crippen molar-refractivity contribution in [3.8, 4) is 0 Å². The molecule has 1 aliphatic rings. The van der Waals surface area contributed by atoms with E-state index in [1.807, 2.05) is 29.2 Å². The Morgan fingerprint density at radius 3 is 3.05 bits per heavy atom. The van der Waals surface area contributed by atoms with Crippen LogP contribution >= 0.6 is 0 Å². The summed E-state index contributed by atoms with van der Waals surface area (Å²) in [5.74, 6) is 1.33. The third kappa shape index (κ3) is 2.78. The number of aliphatic hydroxyl groups excluding tert-OH is 1. The number of para-hydroxylation sites is 2. The fourth-order valence-electron chi connectivity index (χ4n) is 3.09. The van der Waals surface area contributed by atoms with Crippen LogP contribution in [0.3, 0.4) is 0 Å². The van der Waals surface area contributed by atoms with Gasteiger partial charge in [0.15, 0.2) is 0 Å². The van der Waals surface area contributed by atoms with Crippen molar-refractivity contribution in [2.45, 2.75) is 32.2 Å². The van der Waals surface area contributed by atoms with E-state index in [1.54, 1.807) is 0 Å². The van der Waals surface area contributed by atoms with Crippen molar-refractivity contribution in [1.82, 2.24) is 14.9 Å². The van der Waals surface area contributed by atoms with Crippen molar-refractivity contribution in [2.75, 3.05) is 13.2 Å². The Hall–Kier alpha value is -1.88. The number of benzene rings is 1. The number of H-pyrrole nitrogens is 1. The highest BCUT2D eigenvalue weighted by Crippen LogP contribution is 2.24. The number of likely N-dealkylation sites (tertiary alicyclic amines) is 1. The normalized spacial score (nSPS) is 22.1. The summed E-state index contributed by atoms with van der Waals surface area (Å²) in [4.78, 5) is 21.9. The Balaban J connectivity index is 1.63. The number of aryl methyl sites for hydroxylation is 1. The maximum atomic E-state index is 12.3. The minimum absolute atomic E-state index is 0.0202. The molecule has 2 atom stereocenters. The molecular formula is C16H21N3O2. The average molecular weight is 287 g/mol. The molecule has 1 aliphatic heterocycles. The lowest BCUT2D eigenvalue weighted by Gasteiger charge is -2.25. The number of nitrogens with zero attached hydrogens (tertiary/aromatic N) is 2. The third-order valence-electron chi connectivity index (χ3n) is 4.40. The quantitative estimate of drug-likeness (QED) is 0.899. The van der Waals surface area contributed by atoms with Crippen molar-refractivity contribution in [2.24, 2.45) is 5.92 Å². The van der Waals surface area contributed by atoms with Gasteiger partial charge in [0.1, 0.15) is 5.82 Å². The molecule has 0 radical (unpaired) electrons. The number of aromatic amines is 1. The van der Waals surface area contributed by atoms with Gasteiger partial charge in [-0.2, -0.15) is 0 Å². The second-order valence-corrected chi connectivity index (χ2v) is 5.80. The van der Waals surface area contributed by atoms with Crippen molar-refractivity contribution in [3.05, 3.63) is 30.1 Å². The van der Waals surface area contributed by atoms with E-state index in [-0.39, 0.29) is 18.6 Å². The van der Waals surface area contributed by atoms with Gasteiger partial charge in [-0.25, -0.2) is 4.98 Å². The van der Waals surface area contributed by atoms with Gasteiger partial charge >= 0.3 is 0 Å². The summed E-state index contributed by atoms with van der Waals surface area (Å²) < 4.78 is 0. The SMILES string of the molecule is CC1CCN(C(=O)CCc2nc3ccccc3[nH]2)C1CO. The van der Waals surface area contributed by atoms with Crippen LogP contribution in [0.5, 0.6) is 0 Å². The fourth-order valence-corrected chi connectivity index (χ4v) is 3.09. The van der Waals surface area contributed by atoms with Crippen LogP contribution in [0.2, 0.25) is 0 Å². The van der Waals surface area contributed by atoms with E-state index in [1.165, 1.54) is 0 Å². The van der Waals surface area contributed by atoms with E-state index in [4.69, 9.17) is 0 Å². The zero-order valence-electron chi connectivity index (χ0n) is 12.2. The second-order valence-electron chi connectivity index (χ2n) is 5.80. The molecule has 5 nitrogen and oxygen atoms in total. The summed E-state index contributed by atoms with van der Waals surface area (Å²) >= 11 is 0. The number of rotatable bonds is 4. The lowest BCUT2D eigenvalue weighted by atomic mass is 10.0. The molecule has 2 unspecified atom stereocenters. The lowest BCUT2D eigenvalue weighted by molar-refractivity contribution is -0.133. The molecule has 1 saturated heterocycles. The molecule has 0 bridgehead atoms. The number of nitrogens with one attached hydrogen (secondary N) is 1. The number of aromatic nitrogens is 2. The van der Waals surface area contributed by atoms with Gasteiger partial charge in [0.05, 0.1) is 23.7 Å². The summed E-state index contributed by atoms with van der Waals surface area (Å²) in [6, 6.07) is 7.84. The van der Waals surface area contributed by atoms with Gasteiger partial charge in [-0.1, -0.05) is 19.1 Å². The van der Waals surface area contributed by atoms with Crippen LogP contribution in [0, 0.1) is 5.92 Å². The van der Waals surface area contributed by atoms with Crippen LogP contribution in [0.15, 0.2) is 24.3 Å². The Bertz CT molecular complexity index is 604. The molecule has 5 heteroatoms. The highest BCUT2D eigenvalue weighted by atomic mass is 16.3. The highest BCUT2D eigenvalue weighted by molar-refractivity contribution is 5.78. The van der Waals surface area contributed by atoms with Gasteiger partial charge in [0, 0.05) is 19.4 Å². The second kappa shape index (κ2) is 5.85. The molecule has 21 heavy (non-hydrogen) atoms. The summed E-state index contributed by atoms with van der Waals surface area (Å²) in [6.07, 6.45) is 2.02. The van der Waals surface area contributed by atoms with Gasteiger partial charge in [0.25, 0.3) is 0 Å².